The number of hydrogen-bond acceptors (Lipinski definition) is 2. The summed E-state index contributed by atoms with van der Waals surface area (Å²) in [5.41, 5.74) is 4.46. The first-order valence-corrected chi connectivity index (χ1v) is 9.17. The number of thiophene rings is 1. The lowest BCUT2D eigenvalue weighted by molar-refractivity contribution is 1.48. The van der Waals surface area contributed by atoms with Gasteiger partial charge in [0.1, 0.15) is 0 Å². The minimum absolute atomic E-state index is 0.890. The van der Waals surface area contributed by atoms with Crippen molar-refractivity contribution in [3.63, 3.8) is 0 Å². The third-order valence-electron chi connectivity index (χ3n) is 4.27. The van der Waals surface area contributed by atoms with Gasteiger partial charge in [-0.2, -0.15) is 0 Å². The van der Waals surface area contributed by atoms with Crippen LogP contribution in [-0.4, -0.2) is 0 Å². The zero-order valence-corrected chi connectivity index (χ0v) is 14.9. The van der Waals surface area contributed by atoms with E-state index in [0.717, 1.165) is 11.4 Å². The fourth-order valence-electron chi connectivity index (χ4n) is 3.18. The van der Waals surface area contributed by atoms with Crippen LogP contribution in [0.5, 0.6) is 0 Å². The quantitative estimate of drug-likeness (QED) is 0.386. The summed E-state index contributed by atoms with van der Waals surface area (Å²) in [4.78, 5) is 0. The van der Waals surface area contributed by atoms with E-state index in [9.17, 15) is 0 Å². The third kappa shape index (κ3) is 2.97. The Morgan fingerprint density at radius 2 is 1.68 bits per heavy atom. The molecule has 122 valence electrons. The van der Waals surface area contributed by atoms with Gasteiger partial charge in [-0.3, -0.25) is 0 Å². The van der Waals surface area contributed by atoms with Gasteiger partial charge in [-0.25, -0.2) is 0 Å². The van der Waals surface area contributed by atoms with E-state index < -0.39 is 0 Å². The number of rotatable bonds is 4. The first kappa shape index (κ1) is 15.7. The standard InChI is InChI=1S/C23H19NS/c1-3-7-16(2)24-18-14-12-17(13-15-18)19-9-6-11-22-23(19)20-8-4-5-10-21(20)25-22/h3-15,24H,2H2,1H3/b7-3-. The van der Waals surface area contributed by atoms with Crippen LogP contribution in [0.25, 0.3) is 31.3 Å². The van der Waals surface area contributed by atoms with Gasteiger partial charge in [-0.15, -0.1) is 11.3 Å². The van der Waals surface area contributed by atoms with Crippen molar-refractivity contribution in [3.05, 3.63) is 91.2 Å². The van der Waals surface area contributed by atoms with Crippen LogP contribution in [-0.2, 0) is 0 Å². The predicted octanol–water partition coefficient (Wildman–Crippen LogP) is 7.22. The highest BCUT2D eigenvalue weighted by atomic mass is 32.1. The first-order chi connectivity index (χ1) is 12.3. The molecule has 0 aliphatic carbocycles. The summed E-state index contributed by atoms with van der Waals surface area (Å²) in [6.07, 6.45) is 3.94. The summed E-state index contributed by atoms with van der Waals surface area (Å²) in [6.45, 7) is 5.98. The summed E-state index contributed by atoms with van der Waals surface area (Å²) in [6, 6.07) is 23.8. The molecule has 0 unspecified atom stereocenters. The van der Waals surface area contributed by atoms with Crippen LogP contribution in [0.1, 0.15) is 6.92 Å². The van der Waals surface area contributed by atoms with E-state index in [1.165, 1.54) is 31.3 Å². The smallest absolute Gasteiger partial charge is 0.0384 e. The molecular weight excluding hydrogens is 322 g/mol. The van der Waals surface area contributed by atoms with Crippen molar-refractivity contribution < 1.29 is 0 Å². The van der Waals surface area contributed by atoms with Crippen molar-refractivity contribution in [2.75, 3.05) is 5.32 Å². The van der Waals surface area contributed by atoms with Crippen molar-refractivity contribution in [1.82, 2.24) is 0 Å². The number of fused-ring (bicyclic) bond motifs is 3. The Bertz CT molecular complexity index is 1080. The van der Waals surface area contributed by atoms with E-state index in [-0.39, 0.29) is 0 Å². The maximum absolute atomic E-state index is 3.99. The Morgan fingerprint density at radius 3 is 2.48 bits per heavy atom. The van der Waals surface area contributed by atoms with Crippen LogP contribution >= 0.6 is 11.3 Å². The lowest BCUT2D eigenvalue weighted by Crippen LogP contribution is -1.94. The second-order valence-electron chi connectivity index (χ2n) is 6.00. The molecule has 4 aromatic rings. The van der Waals surface area contributed by atoms with Gasteiger partial charge >= 0.3 is 0 Å². The predicted molar refractivity (Wildman–Crippen MR) is 112 cm³/mol. The SMILES string of the molecule is C=C(/C=C\C)Nc1ccc(-c2cccc3sc4ccccc4c23)cc1. The summed E-state index contributed by atoms with van der Waals surface area (Å²) >= 11 is 1.86. The molecule has 0 amide bonds. The average Bonchev–Trinajstić information content (AvgIpc) is 3.01. The van der Waals surface area contributed by atoms with E-state index in [0.29, 0.717) is 0 Å². The monoisotopic (exact) mass is 341 g/mol. The van der Waals surface area contributed by atoms with Crippen molar-refractivity contribution in [2.45, 2.75) is 6.92 Å². The van der Waals surface area contributed by atoms with Gasteiger partial charge in [0, 0.05) is 31.6 Å². The molecule has 0 spiro atoms. The zero-order chi connectivity index (χ0) is 17.2. The fraction of sp³-hybridized carbons (Fsp3) is 0.0435. The molecule has 0 radical (unpaired) electrons. The Hall–Kier alpha value is -2.84. The Balaban J connectivity index is 1.78. The molecule has 0 saturated heterocycles. The number of nitrogens with one attached hydrogen (secondary N) is 1. The normalized spacial score (nSPS) is 11.4. The molecule has 1 nitrogen and oxygen atoms in total. The highest BCUT2D eigenvalue weighted by Crippen LogP contribution is 2.39. The van der Waals surface area contributed by atoms with Crippen LogP contribution in [0.3, 0.4) is 0 Å². The van der Waals surface area contributed by atoms with Crippen LogP contribution < -0.4 is 5.32 Å². The van der Waals surface area contributed by atoms with Gasteiger partial charge in [0.15, 0.2) is 0 Å². The second kappa shape index (κ2) is 6.58. The van der Waals surface area contributed by atoms with Crippen LogP contribution in [0.15, 0.2) is 91.2 Å². The highest BCUT2D eigenvalue weighted by molar-refractivity contribution is 7.25. The minimum Gasteiger partial charge on any atom is -0.356 e. The molecule has 2 heteroatoms. The largest absolute Gasteiger partial charge is 0.356 e. The topological polar surface area (TPSA) is 12.0 Å². The zero-order valence-electron chi connectivity index (χ0n) is 14.1. The molecule has 0 bridgehead atoms. The lowest BCUT2D eigenvalue weighted by Gasteiger charge is -2.09. The summed E-state index contributed by atoms with van der Waals surface area (Å²) in [7, 11) is 0. The van der Waals surface area contributed by atoms with E-state index >= 15 is 0 Å². The molecule has 0 atom stereocenters. The van der Waals surface area contributed by atoms with Crippen molar-refractivity contribution in [1.29, 1.82) is 0 Å². The molecule has 1 heterocycles. The molecule has 3 aromatic carbocycles. The van der Waals surface area contributed by atoms with Crippen molar-refractivity contribution in [3.8, 4) is 11.1 Å². The number of benzene rings is 3. The fourth-order valence-corrected chi connectivity index (χ4v) is 4.31. The maximum Gasteiger partial charge on any atom is 0.0384 e. The minimum atomic E-state index is 0.890. The maximum atomic E-state index is 3.99. The molecule has 25 heavy (non-hydrogen) atoms. The van der Waals surface area contributed by atoms with Gasteiger partial charge in [-0.1, -0.05) is 55.1 Å². The summed E-state index contributed by atoms with van der Waals surface area (Å²) in [5, 5.41) is 5.99. The van der Waals surface area contributed by atoms with Crippen LogP contribution in [0, 0.1) is 0 Å². The molecular formula is C23H19NS. The number of hydrogen-bond donors (Lipinski definition) is 1. The molecule has 0 saturated carbocycles. The van der Waals surface area contributed by atoms with Gasteiger partial charge in [-0.05, 0) is 48.4 Å². The van der Waals surface area contributed by atoms with E-state index in [2.05, 4.69) is 78.6 Å². The Labute approximate surface area is 151 Å². The van der Waals surface area contributed by atoms with Gasteiger partial charge in [0.2, 0.25) is 0 Å². The molecule has 0 fully saturated rings. The summed E-state index contributed by atoms with van der Waals surface area (Å²) in [5.74, 6) is 0. The third-order valence-corrected chi connectivity index (χ3v) is 5.41. The molecule has 1 aromatic heterocycles. The Morgan fingerprint density at radius 1 is 0.920 bits per heavy atom. The average molecular weight is 341 g/mol. The van der Waals surface area contributed by atoms with Crippen LogP contribution in [0.2, 0.25) is 0 Å². The van der Waals surface area contributed by atoms with Crippen LogP contribution in [0.4, 0.5) is 5.69 Å². The van der Waals surface area contributed by atoms with E-state index in [1.54, 1.807) is 0 Å². The van der Waals surface area contributed by atoms with Gasteiger partial charge in [0.05, 0.1) is 0 Å². The molecule has 0 aliphatic heterocycles. The lowest BCUT2D eigenvalue weighted by atomic mass is 9.99. The molecule has 4 rings (SSSR count). The second-order valence-corrected chi connectivity index (χ2v) is 7.09. The molecule has 1 N–H and O–H groups in total. The number of allylic oxidation sites excluding steroid dienone is 2. The number of anilines is 1. The van der Waals surface area contributed by atoms with E-state index in [1.807, 2.05) is 30.4 Å². The highest BCUT2D eigenvalue weighted by Gasteiger charge is 2.10. The van der Waals surface area contributed by atoms with Gasteiger partial charge in [0.25, 0.3) is 0 Å². The Kier molecular flexibility index (Phi) is 4.12. The summed E-state index contributed by atoms with van der Waals surface area (Å²) < 4.78 is 2.67. The van der Waals surface area contributed by atoms with Crippen molar-refractivity contribution >= 4 is 37.2 Å². The van der Waals surface area contributed by atoms with Crippen molar-refractivity contribution in [2.24, 2.45) is 0 Å². The van der Waals surface area contributed by atoms with E-state index in [4.69, 9.17) is 0 Å². The first-order valence-electron chi connectivity index (χ1n) is 8.35. The molecule has 0 aliphatic rings. The van der Waals surface area contributed by atoms with Gasteiger partial charge < -0.3 is 5.32 Å².